The van der Waals surface area contributed by atoms with Gasteiger partial charge >= 0.3 is 6.09 Å². The molecule has 0 radical (unpaired) electrons. The van der Waals surface area contributed by atoms with Gasteiger partial charge < -0.3 is 14.8 Å². The van der Waals surface area contributed by atoms with Gasteiger partial charge in [-0.15, -0.1) is 0 Å². The van der Waals surface area contributed by atoms with Gasteiger partial charge in [-0.2, -0.15) is 0 Å². The molecule has 0 spiro atoms. The third-order valence-electron chi connectivity index (χ3n) is 3.73. The van der Waals surface area contributed by atoms with E-state index in [0.29, 0.717) is 30.5 Å². The number of rotatable bonds is 8. The Labute approximate surface area is 166 Å². The third-order valence-corrected chi connectivity index (χ3v) is 3.84. The monoisotopic (exact) mass is 386 g/mol. The van der Waals surface area contributed by atoms with Crippen molar-refractivity contribution in [1.29, 1.82) is 0 Å². The van der Waals surface area contributed by atoms with E-state index in [4.69, 9.17) is 21.7 Å². The van der Waals surface area contributed by atoms with Crippen LogP contribution in [0.4, 0.5) is 16.2 Å². The zero-order chi connectivity index (χ0) is 19.6. The van der Waals surface area contributed by atoms with E-state index in [0.717, 1.165) is 23.4 Å². The summed E-state index contributed by atoms with van der Waals surface area (Å²) in [7, 11) is 0. The minimum absolute atomic E-state index is 0.416. The molecule has 0 unspecified atom stereocenters. The van der Waals surface area contributed by atoms with Crippen LogP contribution in [0.15, 0.2) is 48.5 Å². The number of aryl methyl sites for hydroxylation is 1. The predicted molar refractivity (Wildman–Crippen MR) is 114 cm³/mol. The zero-order valence-electron chi connectivity index (χ0n) is 16.0. The first-order chi connectivity index (χ1) is 13.0. The predicted octanol–water partition coefficient (Wildman–Crippen LogP) is 5.19. The highest BCUT2D eigenvalue weighted by Crippen LogP contribution is 2.21. The molecule has 1 N–H and O–H groups in total. The van der Waals surface area contributed by atoms with Crippen molar-refractivity contribution in [2.75, 3.05) is 30.0 Å². The quantitative estimate of drug-likeness (QED) is 0.500. The lowest BCUT2D eigenvalue weighted by Gasteiger charge is -2.22. The maximum Gasteiger partial charge on any atom is 0.419 e. The van der Waals surface area contributed by atoms with Crippen LogP contribution >= 0.6 is 12.2 Å². The van der Waals surface area contributed by atoms with Crippen LogP contribution < -0.4 is 15.0 Å². The maximum absolute atomic E-state index is 12.8. The van der Waals surface area contributed by atoms with Gasteiger partial charge in [0.15, 0.2) is 0 Å². The van der Waals surface area contributed by atoms with Crippen LogP contribution in [0, 0.1) is 6.92 Å². The SMILES string of the molecule is CCCOCCN(C(=O)Oc1cccc(NC(C)=S)c1)c1ccc(C)cc1. The summed E-state index contributed by atoms with van der Waals surface area (Å²) in [5.74, 6) is 0.452. The van der Waals surface area contributed by atoms with Gasteiger partial charge in [0.05, 0.1) is 18.1 Å². The Morgan fingerprint density at radius 1 is 1.15 bits per heavy atom. The molecule has 0 fully saturated rings. The highest BCUT2D eigenvalue weighted by molar-refractivity contribution is 7.80. The van der Waals surface area contributed by atoms with Gasteiger partial charge in [0.1, 0.15) is 5.75 Å². The molecule has 0 aliphatic carbocycles. The fraction of sp³-hybridized carbons (Fsp3) is 0.333. The molecule has 0 saturated heterocycles. The van der Waals surface area contributed by atoms with E-state index in [1.807, 2.05) is 43.3 Å². The van der Waals surface area contributed by atoms with Crippen molar-refractivity contribution in [3.8, 4) is 5.75 Å². The molecule has 0 aliphatic heterocycles. The number of benzene rings is 2. The van der Waals surface area contributed by atoms with Crippen molar-refractivity contribution in [2.24, 2.45) is 0 Å². The normalized spacial score (nSPS) is 10.3. The topological polar surface area (TPSA) is 50.8 Å². The maximum atomic E-state index is 12.8. The Kier molecular flexibility index (Phi) is 8.23. The number of anilines is 2. The lowest BCUT2D eigenvalue weighted by Crippen LogP contribution is -2.36. The van der Waals surface area contributed by atoms with Crippen molar-refractivity contribution in [3.05, 3.63) is 54.1 Å². The van der Waals surface area contributed by atoms with Crippen LogP contribution in [0.2, 0.25) is 0 Å². The number of carbonyl (C=O) groups is 1. The summed E-state index contributed by atoms with van der Waals surface area (Å²) in [6, 6.07) is 14.9. The molecule has 5 nitrogen and oxygen atoms in total. The molecule has 0 heterocycles. The van der Waals surface area contributed by atoms with Crippen LogP contribution in [-0.4, -0.2) is 30.8 Å². The number of nitrogens with zero attached hydrogens (tertiary/aromatic N) is 1. The Morgan fingerprint density at radius 3 is 2.56 bits per heavy atom. The number of thiocarbonyl (C=S) groups is 1. The molecule has 6 heteroatoms. The van der Waals surface area contributed by atoms with Gasteiger partial charge in [0.25, 0.3) is 0 Å². The van der Waals surface area contributed by atoms with Crippen LogP contribution in [0.1, 0.15) is 25.8 Å². The van der Waals surface area contributed by atoms with Crippen LogP contribution in [0.5, 0.6) is 5.75 Å². The minimum Gasteiger partial charge on any atom is -0.410 e. The average molecular weight is 387 g/mol. The molecule has 0 aromatic heterocycles. The minimum atomic E-state index is -0.449. The molecule has 2 rings (SSSR count). The summed E-state index contributed by atoms with van der Waals surface area (Å²) < 4.78 is 11.1. The van der Waals surface area contributed by atoms with Gasteiger partial charge in [0, 0.05) is 24.0 Å². The van der Waals surface area contributed by atoms with Crippen LogP contribution in [0.25, 0.3) is 0 Å². The van der Waals surface area contributed by atoms with Crippen LogP contribution in [0.3, 0.4) is 0 Å². The molecule has 0 aliphatic rings. The van der Waals surface area contributed by atoms with Crippen molar-refractivity contribution in [1.82, 2.24) is 0 Å². The number of hydrogen-bond acceptors (Lipinski definition) is 4. The van der Waals surface area contributed by atoms with Gasteiger partial charge in [0.2, 0.25) is 0 Å². The Bertz CT molecular complexity index is 762. The smallest absolute Gasteiger partial charge is 0.410 e. The summed E-state index contributed by atoms with van der Waals surface area (Å²) in [4.78, 5) is 15.0. The molecule has 1 amide bonds. The second kappa shape index (κ2) is 10.6. The molecule has 2 aromatic rings. The Morgan fingerprint density at radius 2 is 1.89 bits per heavy atom. The first-order valence-corrected chi connectivity index (χ1v) is 9.42. The third kappa shape index (κ3) is 7.00. The van der Waals surface area contributed by atoms with E-state index < -0.39 is 6.09 Å². The molecule has 27 heavy (non-hydrogen) atoms. The van der Waals surface area contributed by atoms with E-state index in [1.54, 1.807) is 24.0 Å². The van der Waals surface area contributed by atoms with E-state index in [9.17, 15) is 4.79 Å². The summed E-state index contributed by atoms with van der Waals surface area (Å²) in [6.45, 7) is 7.38. The van der Waals surface area contributed by atoms with E-state index >= 15 is 0 Å². The Hall–Kier alpha value is -2.44. The lowest BCUT2D eigenvalue weighted by atomic mass is 10.2. The molecular formula is C21H26N2O3S. The molecule has 144 valence electrons. The number of ether oxygens (including phenoxy) is 2. The zero-order valence-corrected chi connectivity index (χ0v) is 16.8. The van der Waals surface area contributed by atoms with E-state index in [-0.39, 0.29) is 0 Å². The van der Waals surface area contributed by atoms with Crippen molar-refractivity contribution >= 4 is 34.7 Å². The second-order valence-electron chi connectivity index (χ2n) is 6.18. The summed E-state index contributed by atoms with van der Waals surface area (Å²) in [5.41, 5.74) is 2.68. The summed E-state index contributed by atoms with van der Waals surface area (Å²) in [6.07, 6.45) is 0.490. The van der Waals surface area contributed by atoms with Gasteiger partial charge in [-0.25, -0.2) is 4.79 Å². The average Bonchev–Trinajstić information content (AvgIpc) is 2.62. The Balaban J connectivity index is 2.12. The highest BCUT2D eigenvalue weighted by atomic mass is 32.1. The van der Waals surface area contributed by atoms with Crippen molar-refractivity contribution in [2.45, 2.75) is 27.2 Å². The largest absolute Gasteiger partial charge is 0.419 e. The molecule has 0 atom stereocenters. The molecular weight excluding hydrogens is 360 g/mol. The first kappa shape index (κ1) is 20.9. The lowest BCUT2D eigenvalue weighted by molar-refractivity contribution is 0.139. The fourth-order valence-corrected chi connectivity index (χ4v) is 2.57. The van der Waals surface area contributed by atoms with E-state index in [1.165, 1.54) is 0 Å². The standard InChI is InChI=1S/C21H26N2O3S/c1-4-13-25-14-12-23(19-10-8-16(2)9-11-19)21(24)26-20-7-5-6-18(15-20)22-17(3)27/h5-11,15H,4,12-14H2,1-3H3,(H,22,27). The van der Waals surface area contributed by atoms with Crippen LogP contribution in [-0.2, 0) is 4.74 Å². The first-order valence-electron chi connectivity index (χ1n) is 9.01. The van der Waals surface area contributed by atoms with Gasteiger partial charge in [-0.05, 0) is 44.5 Å². The second-order valence-corrected chi connectivity index (χ2v) is 6.79. The molecule has 0 bridgehead atoms. The van der Waals surface area contributed by atoms with E-state index in [2.05, 4.69) is 12.2 Å². The van der Waals surface area contributed by atoms with Crippen molar-refractivity contribution in [3.63, 3.8) is 0 Å². The summed E-state index contributed by atoms with van der Waals surface area (Å²) >= 11 is 5.05. The number of carbonyl (C=O) groups excluding carboxylic acids is 1. The number of amides is 1. The molecule has 2 aromatic carbocycles. The van der Waals surface area contributed by atoms with Gasteiger partial charge in [-0.1, -0.05) is 42.9 Å². The number of hydrogen-bond donors (Lipinski definition) is 1. The van der Waals surface area contributed by atoms with Gasteiger partial charge in [-0.3, -0.25) is 4.90 Å². The fourth-order valence-electron chi connectivity index (χ4n) is 2.45. The highest BCUT2D eigenvalue weighted by Gasteiger charge is 2.18. The van der Waals surface area contributed by atoms with Crippen molar-refractivity contribution < 1.29 is 14.3 Å². The summed E-state index contributed by atoms with van der Waals surface area (Å²) in [5, 5.41) is 3.04. The molecule has 0 saturated carbocycles. The number of nitrogens with one attached hydrogen (secondary N) is 1.